The summed E-state index contributed by atoms with van der Waals surface area (Å²) in [6.07, 6.45) is 1.64. The van der Waals surface area contributed by atoms with Crippen molar-refractivity contribution < 1.29 is 4.42 Å². The Hall–Kier alpha value is -1.58. The molecule has 0 saturated carbocycles. The molecule has 2 aromatic carbocycles. The first kappa shape index (κ1) is 11.5. The van der Waals surface area contributed by atoms with E-state index in [1.807, 2.05) is 18.2 Å². The quantitative estimate of drug-likeness (QED) is 0.769. The molecule has 1 atom stereocenters. The number of benzene rings is 2. The van der Waals surface area contributed by atoms with E-state index >= 15 is 0 Å². The van der Waals surface area contributed by atoms with Gasteiger partial charge in [-0.3, -0.25) is 0 Å². The normalized spacial score (nSPS) is 12.8. The van der Waals surface area contributed by atoms with Gasteiger partial charge in [-0.1, -0.05) is 36.4 Å². The minimum atomic E-state index is -0.178. The first-order chi connectivity index (χ1) is 8.75. The largest absolute Gasteiger partial charge is 0.457 e. The standard InChI is InChI=1S/C15H12BrNO/c16-15-13(7-8-18-15)14(17)12-6-5-10-3-1-2-4-11(10)9-12/h1-9,14H,17H2. The number of rotatable bonds is 2. The van der Waals surface area contributed by atoms with E-state index in [9.17, 15) is 0 Å². The smallest absolute Gasteiger partial charge is 0.174 e. The minimum Gasteiger partial charge on any atom is -0.457 e. The van der Waals surface area contributed by atoms with Gasteiger partial charge in [0.25, 0.3) is 0 Å². The Kier molecular flexibility index (Phi) is 2.94. The van der Waals surface area contributed by atoms with Gasteiger partial charge in [-0.15, -0.1) is 0 Å². The summed E-state index contributed by atoms with van der Waals surface area (Å²) in [6.45, 7) is 0. The van der Waals surface area contributed by atoms with E-state index in [1.54, 1.807) is 6.26 Å². The number of hydrogen-bond acceptors (Lipinski definition) is 2. The molecule has 90 valence electrons. The molecule has 1 heterocycles. The molecule has 3 rings (SSSR count). The summed E-state index contributed by atoms with van der Waals surface area (Å²) >= 11 is 3.37. The van der Waals surface area contributed by atoms with Gasteiger partial charge in [0.2, 0.25) is 0 Å². The first-order valence-electron chi connectivity index (χ1n) is 5.73. The van der Waals surface area contributed by atoms with Crippen molar-refractivity contribution >= 4 is 26.7 Å². The van der Waals surface area contributed by atoms with Crippen molar-refractivity contribution in [1.29, 1.82) is 0 Å². The highest BCUT2D eigenvalue weighted by Crippen LogP contribution is 2.29. The van der Waals surface area contributed by atoms with Gasteiger partial charge in [-0.05, 0) is 44.4 Å². The van der Waals surface area contributed by atoms with E-state index in [-0.39, 0.29) is 6.04 Å². The summed E-state index contributed by atoms with van der Waals surface area (Å²) in [4.78, 5) is 0. The first-order valence-corrected chi connectivity index (χ1v) is 6.52. The summed E-state index contributed by atoms with van der Waals surface area (Å²) in [5, 5.41) is 2.42. The summed E-state index contributed by atoms with van der Waals surface area (Å²) in [6, 6.07) is 16.3. The van der Waals surface area contributed by atoms with E-state index in [0.29, 0.717) is 4.67 Å². The van der Waals surface area contributed by atoms with E-state index in [2.05, 4.69) is 46.3 Å². The molecule has 1 unspecified atom stereocenters. The van der Waals surface area contributed by atoms with Gasteiger partial charge in [0.1, 0.15) is 0 Å². The maximum absolute atomic E-state index is 6.26. The van der Waals surface area contributed by atoms with Crippen LogP contribution in [0.4, 0.5) is 0 Å². The Labute approximate surface area is 114 Å². The van der Waals surface area contributed by atoms with E-state index in [4.69, 9.17) is 10.2 Å². The van der Waals surface area contributed by atoms with Gasteiger partial charge in [-0.2, -0.15) is 0 Å². The molecule has 1 aromatic heterocycles. The van der Waals surface area contributed by atoms with Gasteiger partial charge < -0.3 is 10.2 Å². The highest BCUT2D eigenvalue weighted by molar-refractivity contribution is 9.10. The number of halogens is 1. The molecule has 3 heteroatoms. The molecule has 0 saturated heterocycles. The molecular formula is C15H12BrNO. The van der Waals surface area contributed by atoms with Crippen molar-refractivity contribution in [3.05, 3.63) is 70.6 Å². The molecular weight excluding hydrogens is 290 g/mol. The van der Waals surface area contributed by atoms with Crippen LogP contribution in [0.15, 0.2) is 63.9 Å². The fourth-order valence-corrected chi connectivity index (χ4v) is 2.59. The van der Waals surface area contributed by atoms with Crippen LogP contribution < -0.4 is 5.73 Å². The maximum atomic E-state index is 6.26. The highest BCUT2D eigenvalue weighted by Gasteiger charge is 2.14. The van der Waals surface area contributed by atoms with Crippen LogP contribution in [0, 0.1) is 0 Å². The second kappa shape index (κ2) is 4.59. The molecule has 2 N–H and O–H groups in total. The topological polar surface area (TPSA) is 39.2 Å². The van der Waals surface area contributed by atoms with Crippen molar-refractivity contribution in [2.45, 2.75) is 6.04 Å². The van der Waals surface area contributed by atoms with Crippen LogP contribution in [0.5, 0.6) is 0 Å². The Morgan fingerprint density at radius 1 is 1.00 bits per heavy atom. The SMILES string of the molecule is NC(c1ccc2ccccc2c1)c1ccoc1Br. The predicted molar refractivity (Wildman–Crippen MR) is 76.4 cm³/mol. The lowest BCUT2D eigenvalue weighted by molar-refractivity contribution is 0.535. The highest BCUT2D eigenvalue weighted by atomic mass is 79.9. The average Bonchev–Trinajstić information content (AvgIpc) is 2.83. The third-order valence-corrected chi connectivity index (χ3v) is 3.76. The third kappa shape index (κ3) is 1.96. The molecule has 0 spiro atoms. The van der Waals surface area contributed by atoms with Gasteiger partial charge in [0.15, 0.2) is 4.67 Å². The van der Waals surface area contributed by atoms with Gasteiger partial charge in [0.05, 0.1) is 12.3 Å². The van der Waals surface area contributed by atoms with Gasteiger partial charge in [0, 0.05) is 5.56 Å². The van der Waals surface area contributed by atoms with Gasteiger partial charge >= 0.3 is 0 Å². The van der Waals surface area contributed by atoms with Crippen LogP contribution >= 0.6 is 15.9 Å². The molecule has 3 aromatic rings. The van der Waals surface area contributed by atoms with E-state index in [1.165, 1.54) is 10.8 Å². The summed E-state index contributed by atoms with van der Waals surface area (Å²) < 4.78 is 5.93. The van der Waals surface area contributed by atoms with Crippen molar-refractivity contribution in [1.82, 2.24) is 0 Å². The van der Waals surface area contributed by atoms with Crippen LogP contribution in [-0.2, 0) is 0 Å². The molecule has 0 fully saturated rings. The Morgan fingerprint density at radius 2 is 1.78 bits per heavy atom. The molecule has 0 bridgehead atoms. The zero-order valence-corrected chi connectivity index (χ0v) is 11.2. The van der Waals surface area contributed by atoms with Crippen molar-refractivity contribution in [2.75, 3.05) is 0 Å². The minimum absolute atomic E-state index is 0.178. The Balaban J connectivity index is 2.07. The van der Waals surface area contributed by atoms with Crippen molar-refractivity contribution in [3.63, 3.8) is 0 Å². The lowest BCUT2D eigenvalue weighted by atomic mass is 9.99. The van der Waals surface area contributed by atoms with Crippen LogP contribution in [-0.4, -0.2) is 0 Å². The zero-order valence-electron chi connectivity index (χ0n) is 9.64. The van der Waals surface area contributed by atoms with Gasteiger partial charge in [-0.25, -0.2) is 0 Å². The second-order valence-corrected chi connectivity index (χ2v) is 4.95. The summed E-state index contributed by atoms with van der Waals surface area (Å²) in [7, 11) is 0. The molecule has 0 radical (unpaired) electrons. The van der Waals surface area contributed by atoms with Crippen LogP contribution in [0.2, 0.25) is 0 Å². The van der Waals surface area contributed by atoms with E-state index in [0.717, 1.165) is 11.1 Å². The Morgan fingerprint density at radius 3 is 2.50 bits per heavy atom. The summed E-state index contributed by atoms with van der Waals surface area (Å²) in [5.74, 6) is 0. The van der Waals surface area contributed by atoms with Crippen molar-refractivity contribution in [2.24, 2.45) is 5.73 Å². The van der Waals surface area contributed by atoms with E-state index < -0.39 is 0 Å². The number of furan rings is 1. The molecule has 18 heavy (non-hydrogen) atoms. The van der Waals surface area contributed by atoms with Crippen LogP contribution in [0.3, 0.4) is 0 Å². The van der Waals surface area contributed by atoms with Crippen molar-refractivity contribution in [3.8, 4) is 0 Å². The zero-order chi connectivity index (χ0) is 12.5. The molecule has 2 nitrogen and oxygen atoms in total. The predicted octanol–water partition coefficient (Wildman–Crippen LogP) is 4.24. The molecule has 0 amide bonds. The molecule has 0 aliphatic heterocycles. The number of fused-ring (bicyclic) bond motifs is 1. The second-order valence-electron chi connectivity index (χ2n) is 4.23. The number of hydrogen-bond donors (Lipinski definition) is 1. The number of nitrogens with two attached hydrogens (primary N) is 1. The average molecular weight is 302 g/mol. The molecule has 0 aliphatic carbocycles. The summed E-state index contributed by atoms with van der Waals surface area (Å²) in [5.41, 5.74) is 8.31. The fraction of sp³-hybridized carbons (Fsp3) is 0.0667. The maximum Gasteiger partial charge on any atom is 0.174 e. The monoisotopic (exact) mass is 301 g/mol. The molecule has 0 aliphatic rings. The van der Waals surface area contributed by atoms with Crippen LogP contribution in [0.1, 0.15) is 17.2 Å². The third-order valence-electron chi connectivity index (χ3n) is 3.11. The fourth-order valence-electron chi connectivity index (χ4n) is 2.11. The lowest BCUT2D eigenvalue weighted by Crippen LogP contribution is -2.11. The Bertz CT molecular complexity index is 690. The lowest BCUT2D eigenvalue weighted by Gasteiger charge is -2.11. The van der Waals surface area contributed by atoms with Crippen LogP contribution in [0.25, 0.3) is 10.8 Å².